The van der Waals surface area contributed by atoms with Crippen molar-refractivity contribution in [3.63, 3.8) is 0 Å². The Kier molecular flexibility index (Phi) is 1.98. The first kappa shape index (κ1) is 8.77. The Hall–Kier alpha value is -1.81. The highest BCUT2D eigenvalue weighted by atomic mass is 16.3. The van der Waals surface area contributed by atoms with E-state index in [-0.39, 0.29) is 18.1 Å². The standard InChI is InChI=1S/C10H10N2O2/c11-5-7(13)10-9(12)6-3-1-2-4-8(6)14-10/h1-4H,5,11-12H2. The summed E-state index contributed by atoms with van der Waals surface area (Å²) >= 11 is 0. The summed E-state index contributed by atoms with van der Waals surface area (Å²) in [7, 11) is 0. The van der Waals surface area contributed by atoms with Crippen molar-refractivity contribution in [2.45, 2.75) is 0 Å². The third-order valence-electron chi connectivity index (χ3n) is 2.07. The van der Waals surface area contributed by atoms with Gasteiger partial charge in [0.05, 0.1) is 12.2 Å². The van der Waals surface area contributed by atoms with Crippen LogP contribution in [0, 0.1) is 0 Å². The number of para-hydroxylation sites is 1. The maximum absolute atomic E-state index is 11.3. The minimum Gasteiger partial charge on any atom is -0.451 e. The third-order valence-corrected chi connectivity index (χ3v) is 2.07. The third kappa shape index (κ3) is 1.16. The largest absolute Gasteiger partial charge is 0.451 e. The van der Waals surface area contributed by atoms with Crippen LogP contribution < -0.4 is 11.5 Å². The van der Waals surface area contributed by atoms with Crippen molar-refractivity contribution in [3.05, 3.63) is 30.0 Å². The van der Waals surface area contributed by atoms with Crippen LogP contribution in [0.4, 0.5) is 5.69 Å². The smallest absolute Gasteiger partial charge is 0.213 e. The molecule has 4 heteroatoms. The Bertz CT molecular complexity index is 488. The van der Waals surface area contributed by atoms with Gasteiger partial charge in [0.1, 0.15) is 5.58 Å². The van der Waals surface area contributed by atoms with Gasteiger partial charge in [0.15, 0.2) is 5.76 Å². The number of Topliss-reactive ketones (excluding diaryl/α,β-unsaturated/α-hetero) is 1. The van der Waals surface area contributed by atoms with Gasteiger partial charge in [-0.3, -0.25) is 4.79 Å². The summed E-state index contributed by atoms with van der Waals surface area (Å²) in [6, 6.07) is 7.23. The summed E-state index contributed by atoms with van der Waals surface area (Å²) in [6.45, 7) is -0.0932. The van der Waals surface area contributed by atoms with E-state index in [0.29, 0.717) is 11.3 Å². The monoisotopic (exact) mass is 190 g/mol. The van der Waals surface area contributed by atoms with Crippen molar-refractivity contribution in [3.8, 4) is 0 Å². The molecule has 4 N–H and O–H groups in total. The SMILES string of the molecule is NCC(=O)c1oc2ccccc2c1N. The molecule has 0 saturated heterocycles. The van der Waals surface area contributed by atoms with Crippen LogP contribution in [0.1, 0.15) is 10.6 Å². The van der Waals surface area contributed by atoms with Gasteiger partial charge in [0.2, 0.25) is 5.78 Å². The summed E-state index contributed by atoms with van der Waals surface area (Å²) in [4.78, 5) is 11.3. The van der Waals surface area contributed by atoms with Gasteiger partial charge in [-0.1, -0.05) is 12.1 Å². The van der Waals surface area contributed by atoms with Crippen LogP contribution in [0.3, 0.4) is 0 Å². The topological polar surface area (TPSA) is 82.2 Å². The van der Waals surface area contributed by atoms with E-state index in [1.165, 1.54) is 0 Å². The van der Waals surface area contributed by atoms with E-state index in [1.807, 2.05) is 18.2 Å². The number of nitrogens with two attached hydrogens (primary N) is 2. The molecule has 0 aliphatic heterocycles. The van der Waals surface area contributed by atoms with Crippen molar-refractivity contribution >= 4 is 22.4 Å². The number of carbonyl (C=O) groups is 1. The molecule has 1 aromatic carbocycles. The molecule has 0 aliphatic rings. The molecule has 4 nitrogen and oxygen atoms in total. The van der Waals surface area contributed by atoms with Crippen molar-refractivity contribution in [1.82, 2.24) is 0 Å². The summed E-state index contributed by atoms with van der Waals surface area (Å²) in [5, 5.41) is 0.754. The molecule has 0 fully saturated rings. The average molecular weight is 190 g/mol. The van der Waals surface area contributed by atoms with Crippen LogP contribution in [0.5, 0.6) is 0 Å². The fraction of sp³-hybridized carbons (Fsp3) is 0.100. The summed E-state index contributed by atoms with van der Waals surface area (Å²) in [5.41, 5.74) is 12.0. The molecule has 0 unspecified atom stereocenters. The second-order valence-corrected chi connectivity index (χ2v) is 2.97. The van der Waals surface area contributed by atoms with E-state index >= 15 is 0 Å². The molecular formula is C10H10N2O2. The van der Waals surface area contributed by atoms with Crippen LogP contribution in [-0.2, 0) is 0 Å². The fourth-order valence-corrected chi connectivity index (χ4v) is 1.37. The molecule has 0 atom stereocenters. The number of furan rings is 1. The van der Waals surface area contributed by atoms with Gasteiger partial charge in [-0.2, -0.15) is 0 Å². The highest BCUT2D eigenvalue weighted by molar-refractivity contribution is 6.07. The number of carbonyl (C=O) groups excluding carboxylic acids is 1. The molecular weight excluding hydrogens is 180 g/mol. The lowest BCUT2D eigenvalue weighted by atomic mass is 10.2. The van der Waals surface area contributed by atoms with Gasteiger partial charge >= 0.3 is 0 Å². The van der Waals surface area contributed by atoms with E-state index in [1.54, 1.807) is 6.07 Å². The second kappa shape index (κ2) is 3.16. The zero-order chi connectivity index (χ0) is 10.1. The minimum atomic E-state index is -0.279. The number of benzene rings is 1. The summed E-state index contributed by atoms with van der Waals surface area (Å²) < 4.78 is 5.30. The van der Waals surface area contributed by atoms with E-state index < -0.39 is 0 Å². The zero-order valence-electron chi connectivity index (χ0n) is 7.49. The van der Waals surface area contributed by atoms with Gasteiger partial charge < -0.3 is 15.9 Å². The fourth-order valence-electron chi connectivity index (χ4n) is 1.37. The number of hydrogen-bond donors (Lipinski definition) is 2. The van der Waals surface area contributed by atoms with Crippen LogP contribution in [-0.4, -0.2) is 12.3 Å². The molecule has 2 aromatic rings. The molecule has 14 heavy (non-hydrogen) atoms. The second-order valence-electron chi connectivity index (χ2n) is 2.97. The molecule has 0 saturated carbocycles. The predicted molar refractivity (Wildman–Crippen MR) is 54.0 cm³/mol. The first-order valence-corrected chi connectivity index (χ1v) is 4.24. The lowest BCUT2D eigenvalue weighted by Gasteiger charge is -1.92. The Morgan fingerprint density at radius 3 is 2.71 bits per heavy atom. The molecule has 0 radical (unpaired) electrons. The molecule has 0 amide bonds. The Morgan fingerprint density at radius 2 is 2.07 bits per heavy atom. The average Bonchev–Trinajstić information content (AvgIpc) is 2.56. The minimum absolute atomic E-state index is 0.0932. The van der Waals surface area contributed by atoms with Crippen LogP contribution in [0.15, 0.2) is 28.7 Å². The number of ketones is 1. The van der Waals surface area contributed by atoms with Crippen LogP contribution in [0.25, 0.3) is 11.0 Å². The van der Waals surface area contributed by atoms with Crippen molar-refractivity contribution < 1.29 is 9.21 Å². The van der Waals surface area contributed by atoms with Crippen LogP contribution in [0.2, 0.25) is 0 Å². The van der Waals surface area contributed by atoms with Gasteiger partial charge in [-0.25, -0.2) is 0 Å². The molecule has 0 spiro atoms. The van der Waals surface area contributed by atoms with E-state index in [4.69, 9.17) is 15.9 Å². The first-order chi connectivity index (χ1) is 6.74. The number of hydrogen-bond acceptors (Lipinski definition) is 4. The predicted octanol–water partition coefficient (Wildman–Crippen LogP) is 1.16. The number of nitrogen functional groups attached to an aromatic ring is 1. The highest BCUT2D eigenvalue weighted by Crippen LogP contribution is 2.27. The maximum atomic E-state index is 11.3. The first-order valence-electron chi connectivity index (χ1n) is 4.24. The number of anilines is 1. The molecule has 1 heterocycles. The molecule has 72 valence electrons. The van der Waals surface area contributed by atoms with Gasteiger partial charge in [-0.05, 0) is 12.1 Å². The molecule has 0 aliphatic carbocycles. The van der Waals surface area contributed by atoms with Gasteiger partial charge in [0.25, 0.3) is 0 Å². The summed E-state index contributed by atoms with van der Waals surface area (Å²) in [6.07, 6.45) is 0. The van der Waals surface area contributed by atoms with Crippen LogP contribution >= 0.6 is 0 Å². The lowest BCUT2D eigenvalue weighted by molar-refractivity contribution is 0.0978. The maximum Gasteiger partial charge on any atom is 0.213 e. The molecule has 1 aromatic heterocycles. The van der Waals surface area contributed by atoms with Crippen molar-refractivity contribution in [2.24, 2.45) is 5.73 Å². The van der Waals surface area contributed by atoms with Gasteiger partial charge in [-0.15, -0.1) is 0 Å². The summed E-state index contributed by atoms with van der Waals surface area (Å²) in [5.74, 6) is -0.118. The highest BCUT2D eigenvalue weighted by Gasteiger charge is 2.16. The zero-order valence-corrected chi connectivity index (χ0v) is 7.49. The Labute approximate surface area is 80.5 Å². The van der Waals surface area contributed by atoms with E-state index in [0.717, 1.165) is 5.39 Å². The van der Waals surface area contributed by atoms with E-state index in [2.05, 4.69) is 0 Å². The Balaban J connectivity index is 2.68. The normalized spacial score (nSPS) is 10.6. The van der Waals surface area contributed by atoms with Gasteiger partial charge in [0, 0.05) is 5.39 Å². The van der Waals surface area contributed by atoms with Crippen molar-refractivity contribution in [1.29, 1.82) is 0 Å². The number of rotatable bonds is 2. The quantitative estimate of drug-likeness (QED) is 0.696. The number of fused-ring (bicyclic) bond motifs is 1. The van der Waals surface area contributed by atoms with E-state index in [9.17, 15) is 4.79 Å². The Morgan fingerprint density at radius 1 is 1.36 bits per heavy atom. The van der Waals surface area contributed by atoms with Crippen molar-refractivity contribution in [2.75, 3.05) is 12.3 Å². The lowest BCUT2D eigenvalue weighted by Crippen LogP contribution is -2.14. The molecule has 0 bridgehead atoms. The molecule has 2 rings (SSSR count).